The fourth-order valence-corrected chi connectivity index (χ4v) is 9.10. The Labute approximate surface area is 308 Å². The lowest BCUT2D eigenvalue weighted by Crippen LogP contribution is -2.25. The molecule has 2 aliphatic rings. The standard InChI is InChI=1S/C51H32N2/c1-2-14-33(15-3-1)34-28-30-36(31-29-34)47-32-48(53-50(52-47)40-22-12-17-35-16-4-5-18-37(35)40)42-23-13-27-46-49(42)41-21-8-11-26-45(41)51(46)43-24-9-6-19-38(43)39-20-7-10-25-44(39)51/h1-32H. The van der Waals surface area contributed by atoms with E-state index in [9.17, 15) is 0 Å². The van der Waals surface area contributed by atoms with Gasteiger partial charge in [-0.1, -0.05) is 188 Å². The minimum atomic E-state index is -0.420. The van der Waals surface area contributed by atoms with Crippen molar-refractivity contribution < 1.29 is 0 Å². The Morgan fingerprint density at radius 1 is 0.321 bits per heavy atom. The first-order valence-corrected chi connectivity index (χ1v) is 18.3. The van der Waals surface area contributed by atoms with Gasteiger partial charge in [-0.05, 0) is 72.5 Å². The van der Waals surface area contributed by atoms with Crippen LogP contribution < -0.4 is 0 Å². The molecular formula is C51H32N2. The number of hydrogen-bond donors (Lipinski definition) is 0. The van der Waals surface area contributed by atoms with Crippen molar-refractivity contribution in [2.75, 3.05) is 0 Å². The van der Waals surface area contributed by atoms with Crippen molar-refractivity contribution in [3.63, 3.8) is 0 Å². The summed E-state index contributed by atoms with van der Waals surface area (Å²) in [6.45, 7) is 0. The molecule has 8 aromatic carbocycles. The van der Waals surface area contributed by atoms with Crippen LogP contribution in [-0.4, -0.2) is 9.97 Å². The first-order valence-electron chi connectivity index (χ1n) is 18.3. The third-order valence-corrected chi connectivity index (χ3v) is 11.3. The maximum absolute atomic E-state index is 5.46. The monoisotopic (exact) mass is 672 g/mol. The molecule has 0 fully saturated rings. The molecule has 0 atom stereocenters. The van der Waals surface area contributed by atoms with Crippen molar-refractivity contribution in [1.82, 2.24) is 9.97 Å². The predicted octanol–water partition coefficient (Wildman–Crippen LogP) is 12.6. The van der Waals surface area contributed by atoms with Crippen LogP contribution in [0, 0.1) is 0 Å². The summed E-state index contributed by atoms with van der Waals surface area (Å²) in [5, 5.41) is 2.31. The Morgan fingerprint density at radius 2 is 0.811 bits per heavy atom. The fourth-order valence-electron chi connectivity index (χ4n) is 9.10. The van der Waals surface area contributed by atoms with E-state index in [1.165, 1.54) is 61.0 Å². The van der Waals surface area contributed by atoms with Crippen LogP contribution in [0.5, 0.6) is 0 Å². The van der Waals surface area contributed by atoms with Gasteiger partial charge in [-0.2, -0.15) is 0 Å². The summed E-state index contributed by atoms with van der Waals surface area (Å²) in [5.41, 5.74) is 17.3. The van der Waals surface area contributed by atoms with E-state index in [1.54, 1.807) is 0 Å². The van der Waals surface area contributed by atoms with Crippen LogP contribution in [0.15, 0.2) is 194 Å². The largest absolute Gasteiger partial charge is 0.228 e. The molecule has 0 saturated heterocycles. The van der Waals surface area contributed by atoms with Gasteiger partial charge in [0.25, 0.3) is 0 Å². The van der Waals surface area contributed by atoms with E-state index in [2.05, 4.69) is 194 Å². The maximum Gasteiger partial charge on any atom is 0.161 e. The van der Waals surface area contributed by atoms with Crippen LogP contribution in [0.4, 0.5) is 0 Å². The molecule has 1 aromatic heterocycles. The quantitative estimate of drug-likeness (QED) is 0.186. The molecule has 2 nitrogen and oxygen atoms in total. The van der Waals surface area contributed by atoms with Gasteiger partial charge in [0.2, 0.25) is 0 Å². The van der Waals surface area contributed by atoms with Crippen LogP contribution in [-0.2, 0) is 5.41 Å². The molecule has 9 aromatic rings. The number of fused-ring (bicyclic) bond motifs is 11. The van der Waals surface area contributed by atoms with E-state index in [-0.39, 0.29) is 0 Å². The zero-order valence-corrected chi connectivity index (χ0v) is 28.9. The van der Waals surface area contributed by atoms with Crippen LogP contribution in [0.1, 0.15) is 22.3 Å². The minimum absolute atomic E-state index is 0.420. The van der Waals surface area contributed by atoms with Crippen molar-refractivity contribution in [2.45, 2.75) is 5.41 Å². The summed E-state index contributed by atoms with van der Waals surface area (Å²) in [6, 6.07) is 70.1. The highest BCUT2D eigenvalue weighted by Crippen LogP contribution is 2.63. The minimum Gasteiger partial charge on any atom is -0.228 e. The molecule has 2 heteroatoms. The number of benzene rings is 8. The van der Waals surface area contributed by atoms with Crippen molar-refractivity contribution in [2.24, 2.45) is 0 Å². The highest BCUT2D eigenvalue weighted by atomic mass is 14.9. The van der Waals surface area contributed by atoms with Crippen LogP contribution in [0.2, 0.25) is 0 Å². The highest BCUT2D eigenvalue weighted by Gasteiger charge is 2.52. The van der Waals surface area contributed by atoms with Gasteiger partial charge in [-0.25, -0.2) is 9.97 Å². The topological polar surface area (TPSA) is 25.8 Å². The van der Waals surface area contributed by atoms with Crippen molar-refractivity contribution in [3.05, 3.63) is 216 Å². The highest BCUT2D eigenvalue weighted by molar-refractivity contribution is 6.00. The molecule has 1 heterocycles. The molecular weight excluding hydrogens is 641 g/mol. The Bertz CT molecular complexity index is 2840. The average Bonchev–Trinajstić information content (AvgIpc) is 3.71. The lowest BCUT2D eigenvalue weighted by Gasteiger charge is -2.30. The third kappa shape index (κ3) is 4.33. The van der Waals surface area contributed by atoms with E-state index >= 15 is 0 Å². The van der Waals surface area contributed by atoms with Crippen molar-refractivity contribution in [3.8, 4) is 67.3 Å². The van der Waals surface area contributed by atoms with Crippen LogP contribution in [0.25, 0.3) is 78.1 Å². The van der Waals surface area contributed by atoms with Gasteiger partial charge in [0.05, 0.1) is 16.8 Å². The number of rotatable bonds is 4. The smallest absolute Gasteiger partial charge is 0.161 e. The lowest BCUT2D eigenvalue weighted by molar-refractivity contribution is 0.794. The third-order valence-electron chi connectivity index (χ3n) is 11.3. The van der Waals surface area contributed by atoms with Gasteiger partial charge in [0.1, 0.15) is 0 Å². The second-order valence-electron chi connectivity index (χ2n) is 14.0. The molecule has 0 radical (unpaired) electrons. The SMILES string of the molecule is c1ccc(-c2ccc(-c3cc(-c4cccc5c4-c4ccccc4C54c5ccccc5-c5ccccc54)nc(-c4cccc5ccccc45)n3)cc2)cc1. The Balaban J connectivity index is 1.18. The van der Waals surface area contributed by atoms with Gasteiger partial charge in [-0.3, -0.25) is 0 Å². The van der Waals surface area contributed by atoms with Gasteiger partial charge < -0.3 is 0 Å². The molecule has 0 N–H and O–H groups in total. The van der Waals surface area contributed by atoms with Crippen LogP contribution in [0.3, 0.4) is 0 Å². The molecule has 0 amide bonds. The Kier molecular flexibility index (Phi) is 6.50. The number of hydrogen-bond acceptors (Lipinski definition) is 2. The van der Waals surface area contributed by atoms with Gasteiger partial charge in [0, 0.05) is 16.7 Å². The zero-order chi connectivity index (χ0) is 34.9. The second kappa shape index (κ2) is 11.6. The summed E-state index contributed by atoms with van der Waals surface area (Å²) < 4.78 is 0. The van der Waals surface area contributed by atoms with E-state index in [4.69, 9.17) is 9.97 Å². The zero-order valence-electron chi connectivity index (χ0n) is 28.9. The summed E-state index contributed by atoms with van der Waals surface area (Å²) in [5.74, 6) is 0.719. The molecule has 0 aliphatic heterocycles. The van der Waals surface area contributed by atoms with Crippen molar-refractivity contribution in [1.29, 1.82) is 0 Å². The molecule has 246 valence electrons. The van der Waals surface area contributed by atoms with Gasteiger partial charge >= 0.3 is 0 Å². The van der Waals surface area contributed by atoms with Crippen LogP contribution >= 0.6 is 0 Å². The molecule has 1 spiro atoms. The lowest BCUT2D eigenvalue weighted by atomic mass is 9.70. The van der Waals surface area contributed by atoms with E-state index in [0.717, 1.165) is 39.3 Å². The predicted molar refractivity (Wildman–Crippen MR) is 218 cm³/mol. The Morgan fingerprint density at radius 3 is 1.57 bits per heavy atom. The fraction of sp³-hybridized carbons (Fsp3) is 0.0196. The van der Waals surface area contributed by atoms with Gasteiger partial charge in [0.15, 0.2) is 5.82 Å². The molecule has 11 rings (SSSR count). The average molecular weight is 673 g/mol. The van der Waals surface area contributed by atoms with Gasteiger partial charge in [-0.15, -0.1) is 0 Å². The summed E-state index contributed by atoms with van der Waals surface area (Å²) in [6.07, 6.45) is 0. The molecule has 0 unspecified atom stereocenters. The molecule has 2 aliphatic carbocycles. The second-order valence-corrected chi connectivity index (χ2v) is 14.0. The Hall–Kier alpha value is -6.90. The summed E-state index contributed by atoms with van der Waals surface area (Å²) in [7, 11) is 0. The molecule has 0 saturated carbocycles. The first kappa shape index (κ1) is 29.8. The normalized spacial score (nSPS) is 13.1. The molecule has 53 heavy (non-hydrogen) atoms. The van der Waals surface area contributed by atoms with Crippen molar-refractivity contribution >= 4 is 10.8 Å². The van der Waals surface area contributed by atoms with E-state index < -0.39 is 5.41 Å². The van der Waals surface area contributed by atoms with E-state index in [0.29, 0.717) is 0 Å². The maximum atomic E-state index is 5.46. The van der Waals surface area contributed by atoms with E-state index in [1.807, 2.05) is 0 Å². The number of nitrogens with zero attached hydrogens (tertiary/aromatic N) is 2. The molecule has 0 bridgehead atoms. The first-order chi connectivity index (χ1) is 26.3. The summed E-state index contributed by atoms with van der Waals surface area (Å²) >= 11 is 0. The number of aromatic nitrogens is 2. The summed E-state index contributed by atoms with van der Waals surface area (Å²) in [4.78, 5) is 10.8.